The molecule has 0 radical (unpaired) electrons. The quantitative estimate of drug-likeness (QED) is 0.615. The normalized spacial score (nSPS) is 13.6. The summed E-state index contributed by atoms with van der Waals surface area (Å²) in [6, 6.07) is 22.4. The zero-order valence-corrected chi connectivity index (χ0v) is 14.1. The van der Waals surface area contributed by atoms with Crippen LogP contribution in [0.4, 0.5) is 0 Å². The van der Waals surface area contributed by atoms with E-state index in [9.17, 15) is 5.11 Å². The molecule has 0 aliphatic carbocycles. The summed E-state index contributed by atoms with van der Waals surface area (Å²) in [5.41, 5.74) is 1.99. The Morgan fingerprint density at radius 3 is 1.91 bits per heavy atom. The van der Waals surface area contributed by atoms with Gasteiger partial charge in [-0.15, -0.1) is 0 Å². The first kappa shape index (κ1) is 16.1. The number of aliphatic hydroxyl groups is 1. The molecule has 3 aromatic rings. The minimum absolute atomic E-state index is 0.636. The van der Waals surface area contributed by atoms with Crippen LogP contribution in [0.5, 0.6) is 0 Å². The molecule has 3 heteroatoms. The van der Waals surface area contributed by atoms with Crippen LogP contribution in [-0.2, 0) is 5.60 Å². The van der Waals surface area contributed by atoms with Gasteiger partial charge in [0.15, 0.2) is 0 Å². The van der Waals surface area contributed by atoms with Crippen molar-refractivity contribution in [2.75, 3.05) is 0 Å². The van der Waals surface area contributed by atoms with E-state index in [4.69, 9.17) is 23.2 Å². The molecular formula is C20H16Cl2O. The van der Waals surface area contributed by atoms with Crippen molar-refractivity contribution in [3.05, 3.63) is 105 Å². The highest BCUT2D eigenvalue weighted by Crippen LogP contribution is 2.38. The number of hydrogen-bond acceptors (Lipinski definition) is 1. The number of halogens is 2. The molecule has 0 amide bonds. The lowest BCUT2D eigenvalue weighted by molar-refractivity contribution is 0.125. The van der Waals surface area contributed by atoms with E-state index in [1.807, 2.05) is 67.6 Å². The number of benzene rings is 3. The summed E-state index contributed by atoms with van der Waals surface area (Å²) in [4.78, 5) is 0. The lowest BCUT2D eigenvalue weighted by Crippen LogP contribution is -2.28. The van der Waals surface area contributed by atoms with Crippen molar-refractivity contribution in [1.82, 2.24) is 0 Å². The van der Waals surface area contributed by atoms with Crippen LogP contribution in [0.2, 0.25) is 10.0 Å². The molecule has 1 nitrogen and oxygen atoms in total. The summed E-state index contributed by atoms with van der Waals surface area (Å²) >= 11 is 12.1. The van der Waals surface area contributed by atoms with Crippen LogP contribution in [0.15, 0.2) is 72.8 Å². The molecule has 0 saturated carbocycles. The van der Waals surface area contributed by atoms with Crippen LogP contribution < -0.4 is 0 Å². The third kappa shape index (κ3) is 3.00. The highest BCUT2D eigenvalue weighted by molar-refractivity contribution is 6.31. The fourth-order valence-electron chi connectivity index (χ4n) is 2.74. The predicted molar refractivity (Wildman–Crippen MR) is 96.2 cm³/mol. The van der Waals surface area contributed by atoms with Gasteiger partial charge in [0, 0.05) is 10.0 Å². The Labute approximate surface area is 146 Å². The van der Waals surface area contributed by atoms with Crippen LogP contribution in [0.1, 0.15) is 22.3 Å². The van der Waals surface area contributed by atoms with E-state index in [1.54, 1.807) is 12.1 Å². The Kier molecular flexibility index (Phi) is 4.45. The van der Waals surface area contributed by atoms with Crippen LogP contribution in [-0.4, -0.2) is 5.11 Å². The van der Waals surface area contributed by atoms with Crippen molar-refractivity contribution in [3.63, 3.8) is 0 Å². The highest BCUT2D eigenvalue weighted by Gasteiger charge is 2.33. The molecule has 0 aliphatic rings. The van der Waals surface area contributed by atoms with E-state index >= 15 is 0 Å². The Bertz CT molecular complexity index is 813. The zero-order chi connectivity index (χ0) is 16.4. The summed E-state index contributed by atoms with van der Waals surface area (Å²) in [7, 11) is 0. The standard InChI is InChI=1S/C20H16Cl2O/c1-14-13-17(9-12-19(14)22)20(23,15-5-3-2-4-6-15)16-7-10-18(21)11-8-16/h2-13,23H,1H3. The summed E-state index contributed by atoms with van der Waals surface area (Å²) in [6.45, 7) is 1.93. The number of rotatable bonds is 3. The third-order valence-electron chi connectivity index (χ3n) is 4.03. The van der Waals surface area contributed by atoms with Gasteiger partial charge < -0.3 is 5.11 Å². The minimum atomic E-state index is -1.26. The average molecular weight is 343 g/mol. The molecule has 0 saturated heterocycles. The molecule has 0 aromatic heterocycles. The van der Waals surface area contributed by atoms with Crippen molar-refractivity contribution in [3.8, 4) is 0 Å². The first-order valence-corrected chi connectivity index (χ1v) is 8.08. The van der Waals surface area contributed by atoms with Crippen molar-refractivity contribution >= 4 is 23.2 Å². The second-order valence-corrected chi connectivity index (χ2v) is 6.39. The zero-order valence-electron chi connectivity index (χ0n) is 12.6. The van der Waals surface area contributed by atoms with Crippen LogP contribution in [0.25, 0.3) is 0 Å². The van der Waals surface area contributed by atoms with Crippen molar-refractivity contribution < 1.29 is 5.11 Å². The summed E-state index contributed by atoms with van der Waals surface area (Å²) in [5, 5.41) is 13.0. The van der Waals surface area contributed by atoms with Crippen molar-refractivity contribution in [1.29, 1.82) is 0 Å². The van der Waals surface area contributed by atoms with Gasteiger partial charge in [-0.3, -0.25) is 0 Å². The van der Waals surface area contributed by atoms with Crippen LogP contribution >= 0.6 is 23.2 Å². The summed E-state index contributed by atoms with van der Waals surface area (Å²) in [6.07, 6.45) is 0. The highest BCUT2D eigenvalue weighted by atomic mass is 35.5. The molecule has 0 spiro atoms. The van der Waals surface area contributed by atoms with Gasteiger partial charge in [-0.05, 0) is 47.4 Å². The largest absolute Gasteiger partial charge is 0.376 e. The lowest BCUT2D eigenvalue weighted by Gasteiger charge is -2.30. The Hall–Kier alpha value is -1.80. The maximum absolute atomic E-state index is 11.6. The molecule has 1 unspecified atom stereocenters. The first-order chi connectivity index (χ1) is 11.0. The van der Waals surface area contributed by atoms with Gasteiger partial charge in [-0.25, -0.2) is 0 Å². The SMILES string of the molecule is Cc1cc(C(O)(c2ccccc2)c2ccc(Cl)cc2)ccc1Cl. The van der Waals surface area contributed by atoms with Gasteiger partial charge >= 0.3 is 0 Å². The molecule has 3 aromatic carbocycles. The molecule has 0 fully saturated rings. The molecular weight excluding hydrogens is 327 g/mol. The van der Waals surface area contributed by atoms with Gasteiger partial charge in [0.25, 0.3) is 0 Å². The van der Waals surface area contributed by atoms with E-state index in [1.165, 1.54) is 0 Å². The fourth-order valence-corrected chi connectivity index (χ4v) is 2.98. The van der Waals surface area contributed by atoms with Gasteiger partial charge in [0.2, 0.25) is 0 Å². The predicted octanol–water partition coefficient (Wildman–Crippen LogP) is 5.59. The Morgan fingerprint density at radius 1 is 0.739 bits per heavy atom. The van der Waals surface area contributed by atoms with Gasteiger partial charge in [-0.2, -0.15) is 0 Å². The van der Waals surface area contributed by atoms with Gasteiger partial charge in [-0.1, -0.05) is 77.8 Å². The maximum Gasteiger partial charge on any atom is 0.140 e. The minimum Gasteiger partial charge on any atom is -0.376 e. The molecule has 1 N–H and O–H groups in total. The van der Waals surface area contributed by atoms with Crippen molar-refractivity contribution in [2.24, 2.45) is 0 Å². The molecule has 0 aliphatic heterocycles. The van der Waals surface area contributed by atoms with E-state index in [0.717, 1.165) is 22.3 Å². The van der Waals surface area contributed by atoms with Crippen LogP contribution in [0.3, 0.4) is 0 Å². The number of aryl methyl sites for hydroxylation is 1. The van der Waals surface area contributed by atoms with E-state index < -0.39 is 5.60 Å². The van der Waals surface area contributed by atoms with Crippen molar-refractivity contribution in [2.45, 2.75) is 12.5 Å². The third-order valence-corrected chi connectivity index (χ3v) is 4.71. The summed E-state index contributed by atoms with van der Waals surface area (Å²) < 4.78 is 0. The molecule has 3 rings (SSSR count). The number of hydrogen-bond donors (Lipinski definition) is 1. The first-order valence-electron chi connectivity index (χ1n) is 7.32. The topological polar surface area (TPSA) is 20.2 Å². The van der Waals surface area contributed by atoms with E-state index in [0.29, 0.717) is 10.0 Å². The fraction of sp³-hybridized carbons (Fsp3) is 0.100. The molecule has 116 valence electrons. The lowest BCUT2D eigenvalue weighted by atomic mass is 9.80. The van der Waals surface area contributed by atoms with Gasteiger partial charge in [0.1, 0.15) is 5.60 Å². The monoisotopic (exact) mass is 342 g/mol. The maximum atomic E-state index is 11.6. The smallest absolute Gasteiger partial charge is 0.140 e. The summed E-state index contributed by atoms with van der Waals surface area (Å²) in [5.74, 6) is 0. The average Bonchev–Trinajstić information content (AvgIpc) is 2.58. The molecule has 0 heterocycles. The van der Waals surface area contributed by atoms with E-state index in [-0.39, 0.29) is 0 Å². The molecule has 1 atom stereocenters. The Morgan fingerprint density at radius 2 is 1.30 bits per heavy atom. The molecule has 23 heavy (non-hydrogen) atoms. The van der Waals surface area contributed by atoms with Crippen LogP contribution in [0, 0.1) is 6.92 Å². The molecule has 0 bridgehead atoms. The Balaban J connectivity index is 2.25. The second kappa shape index (κ2) is 6.37. The van der Waals surface area contributed by atoms with Gasteiger partial charge in [0.05, 0.1) is 0 Å². The second-order valence-electron chi connectivity index (χ2n) is 5.55. The van der Waals surface area contributed by atoms with E-state index in [2.05, 4.69) is 0 Å².